The Bertz CT molecular complexity index is 1040. The zero-order valence-electron chi connectivity index (χ0n) is 13.7. The van der Waals surface area contributed by atoms with Crippen LogP contribution >= 0.6 is 11.3 Å². The number of thiophene rings is 1. The monoisotopic (exact) mass is 351 g/mol. The third-order valence-electron chi connectivity index (χ3n) is 3.94. The van der Waals surface area contributed by atoms with E-state index in [9.17, 15) is 4.79 Å². The summed E-state index contributed by atoms with van der Waals surface area (Å²) in [5.41, 5.74) is 1.01. The highest BCUT2D eigenvalue weighted by molar-refractivity contribution is 7.21. The Morgan fingerprint density at radius 3 is 2.76 bits per heavy atom. The maximum absolute atomic E-state index is 12.4. The van der Waals surface area contributed by atoms with Crippen molar-refractivity contribution < 1.29 is 4.42 Å². The molecular weight excluding hydrogens is 334 g/mol. The minimum absolute atomic E-state index is 0.0928. The number of aromatic amines is 1. The molecule has 0 atom stereocenters. The van der Waals surface area contributed by atoms with Crippen LogP contribution in [0.2, 0.25) is 0 Å². The van der Waals surface area contributed by atoms with Gasteiger partial charge in [-0.3, -0.25) is 9.69 Å². The second-order valence-corrected chi connectivity index (χ2v) is 6.99. The van der Waals surface area contributed by atoms with E-state index in [1.807, 2.05) is 55.6 Å². The molecule has 1 N–H and O–H groups in total. The lowest BCUT2D eigenvalue weighted by Gasteiger charge is -2.14. The van der Waals surface area contributed by atoms with Crippen molar-refractivity contribution in [3.8, 4) is 10.4 Å². The molecule has 0 amide bonds. The first-order chi connectivity index (χ1) is 12.2. The Morgan fingerprint density at radius 1 is 1.16 bits per heavy atom. The van der Waals surface area contributed by atoms with Gasteiger partial charge >= 0.3 is 0 Å². The molecule has 5 nitrogen and oxygen atoms in total. The van der Waals surface area contributed by atoms with Crippen LogP contribution in [0.5, 0.6) is 0 Å². The number of furan rings is 1. The second kappa shape index (κ2) is 6.66. The molecule has 1 aromatic carbocycles. The maximum Gasteiger partial charge on any atom is 0.259 e. The first kappa shape index (κ1) is 15.8. The van der Waals surface area contributed by atoms with Gasteiger partial charge in [-0.1, -0.05) is 30.3 Å². The molecule has 0 fully saturated rings. The van der Waals surface area contributed by atoms with Crippen LogP contribution in [-0.4, -0.2) is 21.9 Å². The lowest BCUT2D eigenvalue weighted by molar-refractivity contribution is 0.281. The van der Waals surface area contributed by atoms with E-state index < -0.39 is 0 Å². The number of hydrogen-bond acceptors (Lipinski definition) is 5. The fourth-order valence-electron chi connectivity index (χ4n) is 2.78. The van der Waals surface area contributed by atoms with Gasteiger partial charge in [0.05, 0.1) is 24.7 Å². The van der Waals surface area contributed by atoms with Gasteiger partial charge in [0, 0.05) is 4.88 Å². The van der Waals surface area contributed by atoms with Crippen LogP contribution in [0, 0.1) is 0 Å². The molecule has 0 aliphatic rings. The van der Waals surface area contributed by atoms with Gasteiger partial charge in [-0.25, -0.2) is 4.98 Å². The van der Waals surface area contributed by atoms with Gasteiger partial charge < -0.3 is 9.40 Å². The van der Waals surface area contributed by atoms with Crippen molar-refractivity contribution in [2.24, 2.45) is 0 Å². The fraction of sp³-hybridized carbons (Fsp3) is 0.158. The number of fused-ring (bicyclic) bond motifs is 1. The molecule has 6 heteroatoms. The Morgan fingerprint density at radius 2 is 2.00 bits per heavy atom. The molecule has 0 radical (unpaired) electrons. The van der Waals surface area contributed by atoms with Crippen LogP contribution in [0.3, 0.4) is 0 Å². The van der Waals surface area contributed by atoms with E-state index in [1.165, 1.54) is 0 Å². The summed E-state index contributed by atoms with van der Waals surface area (Å²) in [5, 5.41) is 0.640. The van der Waals surface area contributed by atoms with E-state index in [-0.39, 0.29) is 5.56 Å². The van der Waals surface area contributed by atoms with Gasteiger partial charge in [0.15, 0.2) is 0 Å². The van der Waals surface area contributed by atoms with Crippen molar-refractivity contribution in [2.75, 3.05) is 7.05 Å². The van der Waals surface area contributed by atoms with Crippen molar-refractivity contribution in [2.45, 2.75) is 13.1 Å². The van der Waals surface area contributed by atoms with Crippen LogP contribution in [0.15, 0.2) is 64.0 Å². The maximum atomic E-state index is 12.4. The summed E-state index contributed by atoms with van der Waals surface area (Å²) >= 11 is 1.54. The summed E-state index contributed by atoms with van der Waals surface area (Å²) in [6, 6.07) is 15.8. The molecule has 3 heterocycles. The molecule has 25 heavy (non-hydrogen) atoms. The Hall–Kier alpha value is -2.70. The zero-order valence-corrected chi connectivity index (χ0v) is 14.5. The highest BCUT2D eigenvalue weighted by atomic mass is 32.1. The van der Waals surface area contributed by atoms with Gasteiger partial charge in [0.1, 0.15) is 16.4 Å². The second-order valence-electron chi connectivity index (χ2n) is 5.96. The van der Waals surface area contributed by atoms with E-state index >= 15 is 0 Å². The lowest BCUT2D eigenvalue weighted by atomic mass is 10.2. The van der Waals surface area contributed by atoms with E-state index in [0.717, 1.165) is 21.0 Å². The Labute approximate surface area is 148 Å². The summed E-state index contributed by atoms with van der Waals surface area (Å²) in [5.74, 6) is 1.54. The van der Waals surface area contributed by atoms with Crippen LogP contribution in [-0.2, 0) is 13.1 Å². The normalized spacial score (nSPS) is 11.4. The van der Waals surface area contributed by atoms with Gasteiger partial charge in [0.25, 0.3) is 5.56 Å². The van der Waals surface area contributed by atoms with Crippen molar-refractivity contribution >= 4 is 21.6 Å². The summed E-state index contributed by atoms with van der Waals surface area (Å²) < 4.78 is 5.36. The van der Waals surface area contributed by atoms with Gasteiger partial charge in [-0.05, 0) is 30.8 Å². The van der Waals surface area contributed by atoms with E-state index in [4.69, 9.17) is 4.42 Å². The predicted molar refractivity (Wildman–Crippen MR) is 99.6 cm³/mol. The van der Waals surface area contributed by atoms with Crippen molar-refractivity contribution in [3.05, 3.63) is 76.7 Å². The van der Waals surface area contributed by atoms with Gasteiger partial charge in [-0.2, -0.15) is 0 Å². The molecule has 4 rings (SSSR count). The molecule has 0 unspecified atom stereocenters. The van der Waals surface area contributed by atoms with Crippen LogP contribution in [0.25, 0.3) is 20.7 Å². The first-order valence-electron chi connectivity index (χ1n) is 7.98. The third-order valence-corrected chi connectivity index (χ3v) is 5.01. The Kier molecular flexibility index (Phi) is 4.21. The lowest BCUT2D eigenvalue weighted by Crippen LogP contribution is -2.21. The number of hydrogen-bond donors (Lipinski definition) is 1. The minimum atomic E-state index is -0.0928. The topological polar surface area (TPSA) is 62.1 Å². The molecule has 126 valence electrons. The number of rotatable bonds is 5. The standard InChI is InChI=1S/C19H17N3O2S/c1-22(11-14-8-5-9-24-14)12-17-20-18(23)15-10-16(25-19(15)21-17)13-6-3-2-4-7-13/h2-10H,11-12H2,1H3,(H,20,21,23). The molecule has 0 saturated carbocycles. The smallest absolute Gasteiger partial charge is 0.259 e. The zero-order chi connectivity index (χ0) is 17.2. The van der Waals surface area contributed by atoms with Gasteiger partial charge in [0.2, 0.25) is 0 Å². The molecular formula is C19H17N3O2S. The van der Waals surface area contributed by atoms with Crippen LogP contribution < -0.4 is 5.56 Å². The Balaban J connectivity index is 1.62. The summed E-state index contributed by atoms with van der Waals surface area (Å²) in [6.45, 7) is 1.21. The molecule has 0 aliphatic carbocycles. The molecule has 0 bridgehead atoms. The number of nitrogens with zero attached hydrogens (tertiary/aromatic N) is 2. The number of aromatic nitrogens is 2. The van der Waals surface area contributed by atoms with Crippen LogP contribution in [0.1, 0.15) is 11.6 Å². The van der Waals surface area contributed by atoms with E-state index in [1.54, 1.807) is 17.6 Å². The van der Waals surface area contributed by atoms with Crippen LogP contribution in [0.4, 0.5) is 0 Å². The van der Waals surface area contributed by atoms with Crippen molar-refractivity contribution in [1.82, 2.24) is 14.9 Å². The van der Waals surface area contributed by atoms with Gasteiger partial charge in [-0.15, -0.1) is 11.3 Å². The molecule has 0 saturated heterocycles. The van der Waals surface area contributed by atoms with Crippen molar-refractivity contribution in [1.29, 1.82) is 0 Å². The first-order valence-corrected chi connectivity index (χ1v) is 8.80. The fourth-order valence-corrected chi connectivity index (χ4v) is 3.83. The summed E-state index contributed by atoms with van der Waals surface area (Å²) in [7, 11) is 1.97. The average molecular weight is 351 g/mol. The average Bonchev–Trinajstić information content (AvgIpc) is 3.25. The molecule has 0 aliphatic heterocycles. The van der Waals surface area contributed by atoms with E-state index in [0.29, 0.717) is 24.3 Å². The highest BCUT2D eigenvalue weighted by Crippen LogP contribution is 2.30. The summed E-state index contributed by atoms with van der Waals surface area (Å²) in [6.07, 6.45) is 1.66. The largest absolute Gasteiger partial charge is 0.468 e. The summed E-state index contributed by atoms with van der Waals surface area (Å²) in [4.78, 5) is 23.8. The SMILES string of the molecule is CN(Cc1nc2sc(-c3ccccc3)cc2c(=O)[nH]1)Cc1ccco1. The highest BCUT2D eigenvalue weighted by Gasteiger charge is 2.12. The minimum Gasteiger partial charge on any atom is -0.468 e. The number of H-pyrrole nitrogens is 1. The van der Waals surface area contributed by atoms with Crippen molar-refractivity contribution in [3.63, 3.8) is 0 Å². The molecule has 3 aromatic heterocycles. The molecule has 4 aromatic rings. The third kappa shape index (κ3) is 3.40. The number of nitrogens with one attached hydrogen (secondary N) is 1. The van der Waals surface area contributed by atoms with E-state index in [2.05, 4.69) is 14.9 Å². The molecule has 0 spiro atoms. The number of benzene rings is 1. The predicted octanol–water partition coefficient (Wildman–Crippen LogP) is 3.88. The quantitative estimate of drug-likeness (QED) is 0.593.